The Morgan fingerprint density at radius 3 is 2.54 bits per heavy atom. The molecule has 26 heavy (non-hydrogen) atoms. The third kappa shape index (κ3) is 7.38. The van der Waals surface area contributed by atoms with Crippen LogP contribution in [0.15, 0.2) is 59.6 Å². The summed E-state index contributed by atoms with van der Waals surface area (Å²) >= 11 is 4.64. The van der Waals surface area contributed by atoms with Crippen molar-refractivity contribution in [3.05, 3.63) is 71.6 Å². The third-order valence-corrected chi connectivity index (χ3v) is 5.19. The van der Waals surface area contributed by atoms with Crippen molar-refractivity contribution in [1.82, 2.24) is 0 Å². The number of rotatable bonds is 7. The minimum absolute atomic E-state index is 0.148. The number of nitrogens with zero attached hydrogens (tertiary/aromatic N) is 1. The maximum absolute atomic E-state index is 12.9. The lowest BCUT2D eigenvalue weighted by atomic mass is 10.2. The number of hydrogen-bond acceptors (Lipinski definition) is 5. The van der Waals surface area contributed by atoms with Crippen LogP contribution >= 0.6 is 33.8 Å². The maximum Gasteiger partial charge on any atom is 0.272 e. The predicted octanol–water partition coefficient (Wildman–Crippen LogP) is 4.60. The molecule has 2 N–H and O–H groups in total. The summed E-state index contributed by atoms with van der Waals surface area (Å²) in [6.07, 6.45) is 2.98. The Hall–Kier alpha value is -2.16. The fourth-order valence-electron chi connectivity index (χ4n) is 1.82. The van der Waals surface area contributed by atoms with Gasteiger partial charge >= 0.3 is 0 Å². The number of benzene rings is 2. The van der Waals surface area contributed by atoms with Crippen molar-refractivity contribution >= 4 is 55.7 Å². The lowest BCUT2D eigenvalue weighted by Crippen LogP contribution is -2.07. The molecule has 2 rings (SSSR count). The van der Waals surface area contributed by atoms with Gasteiger partial charge in [0.15, 0.2) is 5.17 Å². The number of ether oxygens (including phenoxy) is 1. The van der Waals surface area contributed by atoms with Crippen LogP contribution in [0.3, 0.4) is 0 Å². The maximum atomic E-state index is 12.9. The first kappa shape index (κ1) is 20.2. The van der Waals surface area contributed by atoms with Crippen LogP contribution in [0.4, 0.5) is 4.39 Å². The van der Waals surface area contributed by atoms with Gasteiger partial charge in [-0.3, -0.25) is 4.79 Å². The zero-order valence-corrected chi connectivity index (χ0v) is 16.0. The molecule has 0 spiro atoms. The first-order chi connectivity index (χ1) is 12.6. The summed E-state index contributed by atoms with van der Waals surface area (Å²) in [5.74, 6) is -0.0492. The number of carbonyl (C=O) groups is 1. The van der Waals surface area contributed by atoms with E-state index < -0.39 is 5.91 Å². The van der Waals surface area contributed by atoms with E-state index in [0.717, 1.165) is 21.9 Å². The number of carbonyl (C=O) groups excluding carboxylic acids is 1. The smallest absolute Gasteiger partial charge is 0.272 e. The molecule has 0 aromatic heterocycles. The Bertz CT molecular complexity index is 806. The number of thiocarbonyl (C=S) groups is 1. The predicted molar refractivity (Wildman–Crippen MR) is 112 cm³/mol. The monoisotopic (exact) mass is 406 g/mol. The Balaban J connectivity index is 1.87. The molecule has 0 saturated heterocycles. The minimum atomic E-state index is -0.448. The number of aliphatic imine (C=N–C) groups is 1. The van der Waals surface area contributed by atoms with E-state index in [-0.39, 0.29) is 11.0 Å². The molecule has 4 nitrogen and oxygen atoms in total. The molecular formula is C18H15FN2O2S3. The average molecular weight is 407 g/mol. The summed E-state index contributed by atoms with van der Waals surface area (Å²) in [5, 5.41) is 0.148. The van der Waals surface area contributed by atoms with Gasteiger partial charge in [0, 0.05) is 10.8 Å². The normalized spacial score (nSPS) is 11.5. The van der Waals surface area contributed by atoms with Crippen LogP contribution in [0.25, 0.3) is 6.08 Å². The third-order valence-electron chi connectivity index (χ3n) is 3.01. The quantitative estimate of drug-likeness (QED) is 0.238. The number of amidine groups is 1. The highest BCUT2D eigenvalue weighted by molar-refractivity contribution is 8.87. The molecule has 2 aromatic carbocycles. The van der Waals surface area contributed by atoms with Crippen molar-refractivity contribution < 1.29 is 13.9 Å². The zero-order chi connectivity index (χ0) is 18.8. The first-order valence-electron chi connectivity index (χ1n) is 7.37. The Labute approximate surface area is 164 Å². The molecule has 0 fully saturated rings. The molecule has 0 heterocycles. The second-order valence-corrected chi connectivity index (χ2v) is 7.51. The molecule has 0 bridgehead atoms. The molecule has 0 aliphatic heterocycles. The summed E-state index contributed by atoms with van der Waals surface area (Å²) in [4.78, 5) is 15.4. The SMILES string of the molecule is NC(=NC(=O)/C=C/c1ccc(OCc2ccc(F)cc2)cc1)SSC=S. The second kappa shape index (κ2) is 10.7. The number of hydrogen-bond donors (Lipinski definition) is 1. The van der Waals surface area contributed by atoms with Gasteiger partial charge < -0.3 is 10.5 Å². The highest BCUT2D eigenvalue weighted by atomic mass is 33.1. The molecule has 0 atom stereocenters. The van der Waals surface area contributed by atoms with Gasteiger partial charge in [0.2, 0.25) is 0 Å². The lowest BCUT2D eigenvalue weighted by Gasteiger charge is -2.06. The van der Waals surface area contributed by atoms with Crippen molar-refractivity contribution in [1.29, 1.82) is 0 Å². The lowest BCUT2D eigenvalue weighted by molar-refractivity contribution is -0.113. The van der Waals surface area contributed by atoms with Gasteiger partial charge in [0.25, 0.3) is 5.91 Å². The van der Waals surface area contributed by atoms with Gasteiger partial charge in [0.05, 0.1) is 0 Å². The van der Waals surface area contributed by atoms with E-state index in [1.807, 2.05) is 12.1 Å². The molecule has 8 heteroatoms. The van der Waals surface area contributed by atoms with Gasteiger partial charge in [-0.15, -0.1) is 0 Å². The summed E-state index contributed by atoms with van der Waals surface area (Å²) in [7, 11) is 2.35. The molecule has 2 aromatic rings. The summed E-state index contributed by atoms with van der Waals surface area (Å²) < 4.78 is 19.9. The van der Waals surface area contributed by atoms with E-state index in [1.54, 1.807) is 30.3 Å². The van der Waals surface area contributed by atoms with Gasteiger partial charge in [-0.1, -0.05) is 36.5 Å². The Kier molecular flexibility index (Phi) is 8.33. The van der Waals surface area contributed by atoms with Gasteiger partial charge in [-0.2, -0.15) is 4.99 Å². The van der Waals surface area contributed by atoms with Gasteiger partial charge in [-0.25, -0.2) is 4.39 Å². The average Bonchev–Trinajstić information content (AvgIpc) is 2.65. The van der Waals surface area contributed by atoms with E-state index >= 15 is 0 Å². The van der Waals surface area contributed by atoms with Crippen LogP contribution in [-0.2, 0) is 11.4 Å². The van der Waals surface area contributed by atoms with Crippen LogP contribution < -0.4 is 10.5 Å². The Morgan fingerprint density at radius 1 is 1.19 bits per heavy atom. The van der Waals surface area contributed by atoms with Gasteiger partial charge in [0.1, 0.15) is 18.2 Å². The molecule has 0 aliphatic carbocycles. The number of nitrogens with two attached hydrogens (primary N) is 1. The fraction of sp³-hybridized carbons (Fsp3) is 0.0556. The highest BCUT2D eigenvalue weighted by Crippen LogP contribution is 2.18. The van der Waals surface area contributed by atoms with Crippen LogP contribution in [0.1, 0.15) is 11.1 Å². The highest BCUT2D eigenvalue weighted by Gasteiger charge is 1.99. The van der Waals surface area contributed by atoms with Crippen LogP contribution in [0.5, 0.6) is 5.75 Å². The summed E-state index contributed by atoms with van der Waals surface area (Å²) in [6.45, 7) is 0.347. The molecule has 0 unspecified atom stereocenters. The van der Waals surface area contributed by atoms with E-state index in [1.165, 1.54) is 33.7 Å². The minimum Gasteiger partial charge on any atom is -0.489 e. The van der Waals surface area contributed by atoms with Crippen molar-refractivity contribution in [2.75, 3.05) is 0 Å². The van der Waals surface area contributed by atoms with Gasteiger partial charge in [-0.05, 0) is 63.1 Å². The largest absolute Gasteiger partial charge is 0.489 e. The van der Waals surface area contributed by atoms with Crippen molar-refractivity contribution in [2.45, 2.75) is 6.61 Å². The zero-order valence-electron chi connectivity index (χ0n) is 13.5. The topological polar surface area (TPSA) is 64.7 Å². The van der Waals surface area contributed by atoms with E-state index in [0.29, 0.717) is 12.4 Å². The van der Waals surface area contributed by atoms with E-state index in [9.17, 15) is 9.18 Å². The number of halogens is 1. The van der Waals surface area contributed by atoms with Crippen LogP contribution in [0, 0.1) is 5.82 Å². The molecular weight excluding hydrogens is 391 g/mol. The second-order valence-electron chi connectivity index (χ2n) is 4.88. The fourth-order valence-corrected chi connectivity index (χ4v) is 2.97. The van der Waals surface area contributed by atoms with Crippen LogP contribution in [0.2, 0.25) is 0 Å². The van der Waals surface area contributed by atoms with Crippen molar-refractivity contribution in [2.24, 2.45) is 10.7 Å². The first-order valence-corrected chi connectivity index (χ1v) is 10.1. The summed E-state index contributed by atoms with van der Waals surface area (Å²) in [5.41, 5.74) is 7.27. The standard InChI is InChI=1S/C18H15FN2O2S3/c19-15-6-1-14(2-7-15)11-23-16-8-3-13(4-9-16)5-10-17(22)21-18(20)26-25-12-24/h1-10,12H,11H2,(H2,20,21,22)/b10-5+. The van der Waals surface area contributed by atoms with E-state index in [2.05, 4.69) is 17.2 Å². The van der Waals surface area contributed by atoms with E-state index in [4.69, 9.17) is 10.5 Å². The molecule has 0 saturated carbocycles. The Morgan fingerprint density at radius 2 is 1.88 bits per heavy atom. The molecule has 0 radical (unpaired) electrons. The van der Waals surface area contributed by atoms with Crippen LogP contribution in [-0.4, -0.2) is 15.8 Å². The van der Waals surface area contributed by atoms with Crippen molar-refractivity contribution in [3.8, 4) is 5.75 Å². The molecule has 134 valence electrons. The summed E-state index contributed by atoms with van der Waals surface area (Å²) in [6, 6.07) is 13.3. The molecule has 0 aliphatic rings. The molecule has 1 amide bonds. The van der Waals surface area contributed by atoms with Crippen molar-refractivity contribution in [3.63, 3.8) is 0 Å². The number of amides is 1.